The molecule has 1 atom stereocenters. The van der Waals surface area contributed by atoms with E-state index in [9.17, 15) is 18.0 Å². The molecule has 0 saturated carbocycles. The van der Waals surface area contributed by atoms with Gasteiger partial charge in [-0.05, 0) is 36.6 Å². The van der Waals surface area contributed by atoms with Crippen molar-refractivity contribution in [2.24, 2.45) is 5.92 Å². The quantitative estimate of drug-likeness (QED) is 0.800. The lowest BCUT2D eigenvalue weighted by Crippen LogP contribution is -2.42. The number of pyridine rings is 2. The van der Waals surface area contributed by atoms with E-state index in [1.54, 1.807) is 23.4 Å². The molecule has 5 nitrogen and oxygen atoms in total. The highest BCUT2D eigenvalue weighted by atomic mass is 19.4. The molecule has 27 heavy (non-hydrogen) atoms. The summed E-state index contributed by atoms with van der Waals surface area (Å²) in [4.78, 5) is 21.9. The molecule has 1 fully saturated rings. The fraction of sp³-hybridized carbons (Fsp3) is 0.421. The van der Waals surface area contributed by atoms with Crippen molar-refractivity contribution in [3.63, 3.8) is 0 Å². The first-order chi connectivity index (χ1) is 12.9. The molecule has 1 saturated heterocycles. The number of hydrogen-bond acceptors (Lipinski definition) is 4. The number of rotatable bonds is 5. The third kappa shape index (κ3) is 5.18. The first kappa shape index (κ1) is 19.1. The number of carbonyl (C=O) groups is 1. The molecule has 0 N–H and O–H groups in total. The Morgan fingerprint density at radius 3 is 2.81 bits per heavy atom. The van der Waals surface area contributed by atoms with E-state index in [0.717, 1.165) is 24.5 Å². The van der Waals surface area contributed by atoms with Crippen molar-refractivity contribution >= 4 is 5.91 Å². The number of piperidine rings is 1. The van der Waals surface area contributed by atoms with Crippen LogP contribution in [0.25, 0.3) is 0 Å². The monoisotopic (exact) mass is 379 g/mol. The maximum Gasteiger partial charge on any atom is 0.421 e. The standard InChI is InChI=1S/C19H20F3N3O2/c20-19(21,22)16-6-2-8-24-18(16)27-13-15-5-3-9-25(12-15)17(26)10-14-4-1-7-23-11-14/h1-2,4,6-8,11,15H,3,5,9-10,12-13H2. The van der Waals surface area contributed by atoms with Gasteiger partial charge in [-0.15, -0.1) is 0 Å². The Morgan fingerprint density at radius 1 is 1.26 bits per heavy atom. The second kappa shape index (κ2) is 8.37. The molecule has 8 heteroatoms. The third-order valence-corrected chi connectivity index (χ3v) is 4.48. The van der Waals surface area contributed by atoms with Crippen LogP contribution in [-0.4, -0.2) is 40.5 Å². The first-order valence-corrected chi connectivity index (χ1v) is 8.75. The van der Waals surface area contributed by atoms with E-state index < -0.39 is 17.6 Å². The summed E-state index contributed by atoms with van der Waals surface area (Å²) in [6.07, 6.45) is 1.92. The summed E-state index contributed by atoms with van der Waals surface area (Å²) in [6.45, 7) is 1.21. The van der Waals surface area contributed by atoms with Crippen LogP contribution >= 0.6 is 0 Å². The Bertz CT molecular complexity index is 768. The molecule has 3 rings (SSSR count). The van der Waals surface area contributed by atoms with E-state index >= 15 is 0 Å². The zero-order valence-electron chi connectivity index (χ0n) is 14.7. The highest BCUT2D eigenvalue weighted by molar-refractivity contribution is 5.78. The molecule has 0 spiro atoms. The summed E-state index contributed by atoms with van der Waals surface area (Å²) in [5.74, 6) is -0.454. The maximum absolute atomic E-state index is 13.0. The molecule has 0 radical (unpaired) electrons. The smallest absolute Gasteiger partial charge is 0.421 e. The minimum Gasteiger partial charge on any atom is -0.477 e. The fourth-order valence-electron chi connectivity index (χ4n) is 3.14. The normalized spacial score (nSPS) is 17.6. The average Bonchev–Trinajstić information content (AvgIpc) is 2.67. The van der Waals surface area contributed by atoms with Gasteiger partial charge >= 0.3 is 6.18 Å². The van der Waals surface area contributed by atoms with Gasteiger partial charge in [0, 0.05) is 37.6 Å². The van der Waals surface area contributed by atoms with E-state index in [4.69, 9.17) is 4.74 Å². The lowest BCUT2D eigenvalue weighted by atomic mass is 9.98. The second-order valence-electron chi connectivity index (χ2n) is 6.55. The van der Waals surface area contributed by atoms with E-state index in [-0.39, 0.29) is 24.9 Å². The van der Waals surface area contributed by atoms with Gasteiger partial charge in [0.15, 0.2) is 0 Å². The van der Waals surface area contributed by atoms with Gasteiger partial charge < -0.3 is 9.64 Å². The van der Waals surface area contributed by atoms with Crippen molar-refractivity contribution < 1.29 is 22.7 Å². The summed E-state index contributed by atoms with van der Waals surface area (Å²) < 4.78 is 44.4. The Morgan fingerprint density at radius 2 is 2.07 bits per heavy atom. The van der Waals surface area contributed by atoms with E-state index in [2.05, 4.69) is 9.97 Å². The topological polar surface area (TPSA) is 55.3 Å². The predicted molar refractivity (Wildman–Crippen MR) is 92.0 cm³/mol. The molecule has 2 aromatic heterocycles. The molecular formula is C19H20F3N3O2. The lowest BCUT2D eigenvalue weighted by molar-refractivity contribution is -0.139. The highest BCUT2D eigenvalue weighted by Crippen LogP contribution is 2.34. The summed E-state index contributed by atoms with van der Waals surface area (Å²) >= 11 is 0. The summed E-state index contributed by atoms with van der Waals surface area (Å²) in [5, 5.41) is 0. The van der Waals surface area contributed by atoms with Gasteiger partial charge in [-0.2, -0.15) is 13.2 Å². The number of hydrogen-bond donors (Lipinski definition) is 0. The molecule has 3 heterocycles. The molecular weight excluding hydrogens is 359 g/mol. The van der Waals surface area contributed by atoms with Crippen LogP contribution < -0.4 is 4.74 Å². The van der Waals surface area contributed by atoms with Crippen LogP contribution in [0.4, 0.5) is 13.2 Å². The van der Waals surface area contributed by atoms with Crippen molar-refractivity contribution in [3.8, 4) is 5.88 Å². The van der Waals surface area contributed by atoms with Crippen molar-refractivity contribution in [2.45, 2.75) is 25.4 Å². The van der Waals surface area contributed by atoms with Crippen molar-refractivity contribution in [3.05, 3.63) is 54.0 Å². The summed E-state index contributed by atoms with van der Waals surface area (Å²) in [6, 6.07) is 5.80. The number of amides is 1. The molecule has 2 aromatic rings. The predicted octanol–water partition coefficient (Wildman–Crippen LogP) is 3.36. The van der Waals surface area contributed by atoms with Crippen molar-refractivity contribution in [1.82, 2.24) is 14.9 Å². The molecule has 0 aromatic carbocycles. The molecule has 1 amide bonds. The Balaban J connectivity index is 1.57. The number of aromatic nitrogens is 2. The van der Waals surface area contributed by atoms with Crippen LogP contribution in [0.3, 0.4) is 0 Å². The van der Waals surface area contributed by atoms with Gasteiger partial charge in [-0.1, -0.05) is 6.07 Å². The van der Waals surface area contributed by atoms with E-state index in [1.807, 2.05) is 6.07 Å². The molecule has 144 valence electrons. The number of likely N-dealkylation sites (tertiary alicyclic amines) is 1. The van der Waals surface area contributed by atoms with E-state index in [0.29, 0.717) is 13.1 Å². The Hall–Kier alpha value is -2.64. The third-order valence-electron chi connectivity index (χ3n) is 4.48. The zero-order valence-corrected chi connectivity index (χ0v) is 14.7. The van der Waals surface area contributed by atoms with Gasteiger partial charge in [-0.3, -0.25) is 9.78 Å². The average molecular weight is 379 g/mol. The number of ether oxygens (including phenoxy) is 1. The van der Waals surface area contributed by atoms with Crippen LogP contribution in [0.2, 0.25) is 0 Å². The van der Waals surface area contributed by atoms with Gasteiger partial charge in [0.2, 0.25) is 11.8 Å². The minimum atomic E-state index is -4.51. The largest absolute Gasteiger partial charge is 0.477 e. The number of carbonyl (C=O) groups excluding carboxylic acids is 1. The maximum atomic E-state index is 13.0. The van der Waals surface area contributed by atoms with Gasteiger partial charge in [0.05, 0.1) is 13.0 Å². The molecule has 0 aliphatic carbocycles. The lowest BCUT2D eigenvalue weighted by Gasteiger charge is -2.32. The van der Waals surface area contributed by atoms with Gasteiger partial charge in [0.1, 0.15) is 5.56 Å². The highest BCUT2D eigenvalue weighted by Gasteiger charge is 2.35. The molecule has 1 aliphatic rings. The Kier molecular flexibility index (Phi) is 5.93. The van der Waals surface area contributed by atoms with Crippen molar-refractivity contribution in [1.29, 1.82) is 0 Å². The zero-order chi connectivity index (χ0) is 19.3. The minimum absolute atomic E-state index is 0.0125. The molecule has 0 bridgehead atoms. The number of alkyl halides is 3. The summed E-state index contributed by atoms with van der Waals surface area (Å²) in [5.41, 5.74) is -0.0468. The van der Waals surface area contributed by atoms with Gasteiger partial charge in [0.25, 0.3) is 0 Å². The SMILES string of the molecule is O=C(Cc1cccnc1)N1CCCC(COc2ncccc2C(F)(F)F)C1. The Labute approximate surface area is 155 Å². The second-order valence-corrected chi connectivity index (χ2v) is 6.55. The van der Waals surface area contributed by atoms with Crippen LogP contribution in [0.15, 0.2) is 42.9 Å². The van der Waals surface area contributed by atoms with Gasteiger partial charge in [-0.25, -0.2) is 4.98 Å². The molecule has 1 aliphatic heterocycles. The van der Waals surface area contributed by atoms with Crippen LogP contribution in [-0.2, 0) is 17.4 Å². The van der Waals surface area contributed by atoms with Crippen LogP contribution in [0, 0.1) is 5.92 Å². The summed E-state index contributed by atoms with van der Waals surface area (Å²) in [7, 11) is 0. The molecule has 1 unspecified atom stereocenters. The number of halogens is 3. The fourth-order valence-corrected chi connectivity index (χ4v) is 3.14. The van der Waals surface area contributed by atoms with Crippen molar-refractivity contribution in [2.75, 3.05) is 19.7 Å². The first-order valence-electron chi connectivity index (χ1n) is 8.75. The number of nitrogens with zero attached hydrogens (tertiary/aromatic N) is 3. The van der Waals surface area contributed by atoms with Crippen LogP contribution in [0.5, 0.6) is 5.88 Å². The van der Waals surface area contributed by atoms with Crippen LogP contribution in [0.1, 0.15) is 24.0 Å². The van der Waals surface area contributed by atoms with E-state index in [1.165, 1.54) is 12.3 Å².